The summed E-state index contributed by atoms with van der Waals surface area (Å²) < 4.78 is 1.05. The van der Waals surface area contributed by atoms with Gasteiger partial charge in [0.25, 0.3) is 0 Å². The highest BCUT2D eigenvalue weighted by Crippen LogP contribution is 2.35. The van der Waals surface area contributed by atoms with Crippen molar-refractivity contribution in [2.75, 3.05) is 0 Å². The van der Waals surface area contributed by atoms with Crippen LogP contribution in [0.3, 0.4) is 0 Å². The molecule has 0 aliphatic carbocycles. The zero-order valence-electron chi connectivity index (χ0n) is 9.49. The Kier molecular flexibility index (Phi) is 4.27. The standard InChI is InChI=1S/C11H15BrN2OS/c1-11(2,3)16-9-6-7(12)4-5-8(9)10(13)14-15/h4-6,15H,1-3H3,(H2,13,14). The molecule has 3 nitrogen and oxygen atoms in total. The lowest BCUT2D eigenvalue weighted by molar-refractivity contribution is 0.318. The van der Waals surface area contributed by atoms with Crippen molar-refractivity contribution in [3.63, 3.8) is 0 Å². The molecule has 0 aliphatic rings. The van der Waals surface area contributed by atoms with Gasteiger partial charge < -0.3 is 10.9 Å². The average molecular weight is 303 g/mol. The first-order valence-corrected chi connectivity index (χ1v) is 6.41. The summed E-state index contributed by atoms with van der Waals surface area (Å²) >= 11 is 5.10. The van der Waals surface area contributed by atoms with E-state index in [1.807, 2.05) is 18.2 Å². The van der Waals surface area contributed by atoms with E-state index in [0.29, 0.717) is 0 Å². The highest BCUT2D eigenvalue weighted by Gasteiger charge is 2.16. The molecule has 0 heterocycles. The first-order valence-electron chi connectivity index (χ1n) is 4.80. The smallest absolute Gasteiger partial charge is 0.171 e. The Morgan fingerprint density at radius 2 is 2.06 bits per heavy atom. The quantitative estimate of drug-likeness (QED) is 0.289. The molecule has 5 heteroatoms. The van der Waals surface area contributed by atoms with E-state index < -0.39 is 0 Å². The van der Waals surface area contributed by atoms with E-state index in [-0.39, 0.29) is 10.6 Å². The molecule has 88 valence electrons. The molecule has 0 saturated heterocycles. The Morgan fingerprint density at radius 1 is 1.44 bits per heavy atom. The predicted molar refractivity (Wildman–Crippen MR) is 72.3 cm³/mol. The number of rotatable bonds is 2. The third-order valence-electron chi connectivity index (χ3n) is 1.74. The van der Waals surface area contributed by atoms with Crippen molar-refractivity contribution in [1.82, 2.24) is 0 Å². The van der Waals surface area contributed by atoms with Crippen LogP contribution in [0, 0.1) is 0 Å². The van der Waals surface area contributed by atoms with Crippen LogP contribution in [0.4, 0.5) is 0 Å². The molecule has 16 heavy (non-hydrogen) atoms. The summed E-state index contributed by atoms with van der Waals surface area (Å²) in [6, 6.07) is 5.69. The molecule has 1 aromatic rings. The van der Waals surface area contributed by atoms with Crippen LogP contribution in [0.25, 0.3) is 0 Å². The molecular weight excluding hydrogens is 288 g/mol. The van der Waals surface area contributed by atoms with Gasteiger partial charge >= 0.3 is 0 Å². The fourth-order valence-corrected chi connectivity index (χ4v) is 2.82. The number of halogens is 1. The molecule has 0 bridgehead atoms. The summed E-state index contributed by atoms with van der Waals surface area (Å²) in [4.78, 5) is 0.997. The zero-order chi connectivity index (χ0) is 12.3. The Morgan fingerprint density at radius 3 is 2.56 bits per heavy atom. The van der Waals surface area contributed by atoms with Gasteiger partial charge in [0.15, 0.2) is 5.84 Å². The van der Waals surface area contributed by atoms with E-state index in [4.69, 9.17) is 10.9 Å². The summed E-state index contributed by atoms with van der Waals surface area (Å²) in [7, 11) is 0. The summed E-state index contributed by atoms with van der Waals surface area (Å²) in [6.07, 6.45) is 0. The van der Waals surface area contributed by atoms with Gasteiger partial charge in [-0.25, -0.2) is 0 Å². The van der Waals surface area contributed by atoms with Crippen molar-refractivity contribution in [2.24, 2.45) is 10.9 Å². The van der Waals surface area contributed by atoms with Gasteiger partial charge in [0.1, 0.15) is 0 Å². The number of amidine groups is 1. The van der Waals surface area contributed by atoms with Crippen LogP contribution in [-0.4, -0.2) is 15.8 Å². The molecule has 0 fully saturated rings. The average Bonchev–Trinajstić information content (AvgIpc) is 2.14. The Balaban J connectivity index is 3.19. The molecule has 0 radical (unpaired) electrons. The Labute approximate surface area is 108 Å². The van der Waals surface area contributed by atoms with Gasteiger partial charge in [0, 0.05) is 19.7 Å². The van der Waals surface area contributed by atoms with Crippen molar-refractivity contribution in [3.05, 3.63) is 28.2 Å². The fourth-order valence-electron chi connectivity index (χ4n) is 1.18. The van der Waals surface area contributed by atoms with Gasteiger partial charge in [-0.1, -0.05) is 41.9 Å². The van der Waals surface area contributed by atoms with E-state index >= 15 is 0 Å². The number of oxime groups is 1. The third kappa shape index (κ3) is 3.72. The molecule has 0 saturated carbocycles. The van der Waals surface area contributed by atoms with Gasteiger partial charge in [-0.2, -0.15) is 0 Å². The second-order valence-corrected chi connectivity index (χ2v) is 7.12. The van der Waals surface area contributed by atoms with Crippen LogP contribution >= 0.6 is 27.7 Å². The number of nitrogens with two attached hydrogens (primary N) is 1. The second kappa shape index (κ2) is 5.10. The molecule has 0 atom stereocenters. The van der Waals surface area contributed by atoms with Gasteiger partial charge in [-0.05, 0) is 18.2 Å². The lowest BCUT2D eigenvalue weighted by Gasteiger charge is -2.19. The third-order valence-corrected chi connectivity index (χ3v) is 3.41. The maximum absolute atomic E-state index is 8.72. The summed E-state index contributed by atoms with van der Waals surface area (Å²) in [5.41, 5.74) is 6.39. The molecule has 1 aromatic carbocycles. The molecular formula is C11H15BrN2OS. The van der Waals surface area contributed by atoms with Crippen molar-refractivity contribution >= 4 is 33.5 Å². The van der Waals surface area contributed by atoms with Crippen molar-refractivity contribution in [1.29, 1.82) is 0 Å². The minimum Gasteiger partial charge on any atom is -0.409 e. The normalized spacial score (nSPS) is 12.9. The van der Waals surface area contributed by atoms with E-state index in [0.717, 1.165) is 14.9 Å². The monoisotopic (exact) mass is 302 g/mol. The SMILES string of the molecule is CC(C)(C)Sc1cc(Br)ccc1/C(N)=N/O. The maximum Gasteiger partial charge on any atom is 0.171 e. The predicted octanol–water partition coefficient (Wildman–Crippen LogP) is 3.43. The van der Waals surface area contributed by atoms with E-state index in [1.165, 1.54) is 0 Å². The topological polar surface area (TPSA) is 58.6 Å². The number of nitrogens with zero attached hydrogens (tertiary/aromatic N) is 1. The van der Waals surface area contributed by atoms with E-state index in [1.54, 1.807) is 11.8 Å². The fraction of sp³-hybridized carbons (Fsp3) is 0.364. The largest absolute Gasteiger partial charge is 0.409 e. The van der Waals surface area contributed by atoms with Crippen LogP contribution in [0.15, 0.2) is 32.7 Å². The van der Waals surface area contributed by atoms with Crippen molar-refractivity contribution in [2.45, 2.75) is 30.4 Å². The van der Waals surface area contributed by atoms with Crippen LogP contribution < -0.4 is 5.73 Å². The molecule has 1 rings (SSSR count). The number of hydrogen-bond acceptors (Lipinski definition) is 3. The van der Waals surface area contributed by atoms with Gasteiger partial charge in [-0.3, -0.25) is 0 Å². The molecule has 0 spiro atoms. The van der Waals surface area contributed by atoms with Crippen LogP contribution in [0.2, 0.25) is 0 Å². The Hall–Kier alpha value is -0.680. The van der Waals surface area contributed by atoms with Gasteiger partial charge in [-0.15, -0.1) is 11.8 Å². The van der Waals surface area contributed by atoms with Crippen LogP contribution in [0.1, 0.15) is 26.3 Å². The summed E-state index contributed by atoms with van der Waals surface area (Å²) in [5.74, 6) is 0.138. The first-order chi connectivity index (χ1) is 7.33. The summed E-state index contributed by atoms with van der Waals surface area (Å²) in [6.45, 7) is 6.36. The van der Waals surface area contributed by atoms with Crippen molar-refractivity contribution < 1.29 is 5.21 Å². The zero-order valence-corrected chi connectivity index (χ0v) is 11.9. The molecule has 0 unspecified atom stereocenters. The number of benzene rings is 1. The minimum atomic E-state index is 0.0747. The lowest BCUT2D eigenvalue weighted by atomic mass is 10.2. The first kappa shape index (κ1) is 13.4. The van der Waals surface area contributed by atoms with Crippen LogP contribution in [-0.2, 0) is 0 Å². The van der Waals surface area contributed by atoms with Gasteiger partial charge in [0.2, 0.25) is 0 Å². The highest BCUT2D eigenvalue weighted by atomic mass is 79.9. The van der Waals surface area contributed by atoms with Crippen LogP contribution in [0.5, 0.6) is 0 Å². The molecule has 3 N–H and O–H groups in total. The molecule has 0 aliphatic heterocycles. The van der Waals surface area contributed by atoms with Gasteiger partial charge in [0.05, 0.1) is 0 Å². The van der Waals surface area contributed by atoms with E-state index in [9.17, 15) is 0 Å². The van der Waals surface area contributed by atoms with E-state index in [2.05, 4.69) is 41.9 Å². The second-order valence-electron chi connectivity index (χ2n) is 4.34. The highest BCUT2D eigenvalue weighted by molar-refractivity contribution is 9.10. The van der Waals surface area contributed by atoms with Crippen molar-refractivity contribution in [3.8, 4) is 0 Å². The lowest BCUT2D eigenvalue weighted by Crippen LogP contribution is -2.16. The minimum absolute atomic E-state index is 0.0747. The summed E-state index contributed by atoms with van der Waals surface area (Å²) in [5, 5.41) is 11.8. The Bertz CT molecular complexity index is 413. The number of thioether (sulfide) groups is 1. The number of hydrogen-bond donors (Lipinski definition) is 2. The maximum atomic E-state index is 8.72. The molecule has 0 amide bonds. The molecule has 0 aromatic heterocycles.